The molecule has 3 rings (SSSR count). The van der Waals surface area contributed by atoms with Crippen LogP contribution in [0, 0.1) is 0 Å². The van der Waals surface area contributed by atoms with Gasteiger partial charge in [0.25, 0.3) is 0 Å². The molecule has 2 N–H and O–H groups in total. The van der Waals surface area contributed by atoms with Crippen molar-refractivity contribution < 1.29 is 24.5 Å². The first-order valence-corrected chi connectivity index (χ1v) is 10.5. The van der Waals surface area contributed by atoms with Gasteiger partial charge in [0.15, 0.2) is 0 Å². The minimum absolute atomic E-state index is 0.0442. The minimum atomic E-state index is -2.24. The molecule has 1 aliphatic carbocycles. The van der Waals surface area contributed by atoms with Crippen LogP contribution in [0.15, 0.2) is 18.2 Å². The molecule has 5 nitrogen and oxygen atoms in total. The summed E-state index contributed by atoms with van der Waals surface area (Å²) in [7, 11) is 0. The van der Waals surface area contributed by atoms with Gasteiger partial charge >= 0.3 is 17.5 Å². The number of thiophene rings is 1. The Morgan fingerprint density at radius 2 is 1.85 bits per heavy atom. The van der Waals surface area contributed by atoms with E-state index in [9.17, 15) is 19.8 Å². The maximum atomic E-state index is 11.9. The Morgan fingerprint density at radius 3 is 2.56 bits per heavy atom. The van der Waals surface area contributed by atoms with E-state index in [0.29, 0.717) is 12.2 Å². The molecule has 0 fully saturated rings. The zero-order valence-corrected chi connectivity index (χ0v) is 16.4. The summed E-state index contributed by atoms with van der Waals surface area (Å²) in [5, 5.41) is 20.4. The molecule has 0 aliphatic heterocycles. The van der Waals surface area contributed by atoms with Crippen molar-refractivity contribution in [2.24, 2.45) is 0 Å². The lowest BCUT2D eigenvalue weighted by molar-refractivity contribution is -0.173. The molecule has 0 saturated carbocycles. The molecule has 1 aliphatic rings. The second-order valence-corrected chi connectivity index (χ2v) is 8.36. The van der Waals surface area contributed by atoms with Crippen LogP contribution in [0.1, 0.15) is 62.3 Å². The van der Waals surface area contributed by atoms with Crippen LogP contribution >= 0.6 is 11.3 Å². The Morgan fingerprint density at radius 1 is 1.11 bits per heavy atom. The maximum absolute atomic E-state index is 11.9. The van der Waals surface area contributed by atoms with E-state index in [4.69, 9.17) is 4.74 Å². The largest absolute Gasteiger partial charge is 0.478 e. The van der Waals surface area contributed by atoms with Gasteiger partial charge in [-0.3, -0.25) is 0 Å². The zero-order chi connectivity index (χ0) is 19.4. The van der Waals surface area contributed by atoms with Crippen LogP contribution in [0.4, 0.5) is 0 Å². The molecule has 0 saturated heterocycles. The van der Waals surface area contributed by atoms with Crippen molar-refractivity contribution in [3.63, 3.8) is 0 Å². The highest BCUT2D eigenvalue weighted by Gasteiger charge is 2.49. The van der Waals surface area contributed by atoms with E-state index in [1.807, 2.05) is 12.1 Å². The molecule has 27 heavy (non-hydrogen) atoms. The molecule has 146 valence electrons. The van der Waals surface area contributed by atoms with Crippen molar-refractivity contribution >= 4 is 33.4 Å². The number of hydrogen-bond acceptors (Lipinski definition) is 4. The second-order valence-electron chi connectivity index (χ2n) is 7.22. The number of rotatable bonds is 9. The lowest BCUT2D eigenvalue weighted by atomic mass is 9.95. The summed E-state index contributed by atoms with van der Waals surface area (Å²) in [6.45, 7) is 2.05. The number of ether oxygens (including phenoxy) is 1. The quantitative estimate of drug-likeness (QED) is 0.463. The van der Waals surface area contributed by atoms with Crippen molar-refractivity contribution in [2.45, 2.75) is 70.3 Å². The fourth-order valence-electron chi connectivity index (χ4n) is 3.75. The van der Waals surface area contributed by atoms with Gasteiger partial charge in [-0.25, -0.2) is 9.59 Å². The highest BCUT2D eigenvalue weighted by molar-refractivity contribution is 7.19. The van der Waals surface area contributed by atoms with Gasteiger partial charge in [0, 0.05) is 16.0 Å². The molecule has 2 aromatic rings. The third-order valence-corrected chi connectivity index (χ3v) is 6.56. The molecule has 6 heteroatoms. The monoisotopic (exact) mass is 390 g/mol. The van der Waals surface area contributed by atoms with Gasteiger partial charge in [-0.1, -0.05) is 26.2 Å². The lowest BCUT2D eigenvalue weighted by Crippen LogP contribution is -2.51. The smallest absolute Gasteiger partial charge is 0.360 e. The van der Waals surface area contributed by atoms with Gasteiger partial charge in [-0.05, 0) is 61.3 Å². The van der Waals surface area contributed by atoms with Gasteiger partial charge in [0.2, 0.25) is 0 Å². The standard InChI is InChI=1S/C21H26O5S/c1-2-3-4-7-12-21(19(22)23,20(24)25)26-14-10-11-18-16(13-14)15-8-5-6-9-17(15)27-18/h10-11,13H,2-9,12H2,1H3,(H,22,23)(H,24,25). The minimum Gasteiger partial charge on any atom is -0.478 e. The van der Waals surface area contributed by atoms with Gasteiger partial charge in [0.1, 0.15) is 5.75 Å². The van der Waals surface area contributed by atoms with Crippen LogP contribution in [-0.2, 0) is 22.4 Å². The number of unbranched alkanes of at least 4 members (excludes halogenated alkanes) is 3. The van der Waals surface area contributed by atoms with Crippen molar-refractivity contribution in [1.82, 2.24) is 0 Å². The summed E-state index contributed by atoms with van der Waals surface area (Å²) in [6.07, 6.45) is 7.63. The first-order chi connectivity index (χ1) is 13.0. The van der Waals surface area contributed by atoms with Crippen molar-refractivity contribution in [1.29, 1.82) is 0 Å². The van der Waals surface area contributed by atoms with E-state index in [0.717, 1.165) is 48.6 Å². The summed E-state index contributed by atoms with van der Waals surface area (Å²) in [5.74, 6) is -2.58. The van der Waals surface area contributed by atoms with Crippen molar-refractivity contribution in [2.75, 3.05) is 0 Å². The van der Waals surface area contributed by atoms with Crippen LogP contribution in [0.5, 0.6) is 5.75 Å². The first-order valence-electron chi connectivity index (χ1n) is 9.68. The van der Waals surface area contributed by atoms with Gasteiger partial charge in [0.05, 0.1) is 0 Å². The fraction of sp³-hybridized carbons (Fsp3) is 0.524. The predicted octanol–water partition coefficient (Wildman–Crippen LogP) is 5.04. The van der Waals surface area contributed by atoms with Crippen molar-refractivity contribution in [3.05, 3.63) is 28.6 Å². The number of carboxylic acid groups (broad SMARTS) is 2. The number of carboxylic acids is 2. The summed E-state index contributed by atoms with van der Waals surface area (Å²) in [5.41, 5.74) is -0.928. The second kappa shape index (κ2) is 8.30. The van der Waals surface area contributed by atoms with Gasteiger partial charge in [-0.2, -0.15) is 0 Å². The molecule has 1 aromatic heterocycles. The molecule has 0 atom stereocenters. The maximum Gasteiger partial charge on any atom is 0.360 e. The van der Waals surface area contributed by atoms with Crippen LogP contribution in [-0.4, -0.2) is 27.8 Å². The third-order valence-electron chi connectivity index (χ3n) is 5.29. The molecule has 0 unspecified atom stereocenters. The summed E-state index contributed by atoms with van der Waals surface area (Å²) in [6, 6.07) is 5.43. The summed E-state index contributed by atoms with van der Waals surface area (Å²) in [4.78, 5) is 25.1. The van der Waals surface area contributed by atoms with Gasteiger partial charge < -0.3 is 14.9 Å². The first kappa shape index (κ1) is 19.7. The third kappa shape index (κ3) is 3.95. The predicted molar refractivity (Wildman–Crippen MR) is 106 cm³/mol. The summed E-state index contributed by atoms with van der Waals surface area (Å²) >= 11 is 1.77. The Balaban J connectivity index is 1.90. The Labute approximate surface area is 163 Å². The number of hydrogen-bond donors (Lipinski definition) is 2. The van der Waals surface area contributed by atoms with E-state index in [2.05, 4.69) is 6.92 Å². The molecular weight excluding hydrogens is 364 g/mol. The van der Waals surface area contributed by atoms with Gasteiger partial charge in [-0.15, -0.1) is 11.3 Å². The number of carbonyl (C=O) groups is 2. The molecular formula is C21H26O5S. The summed E-state index contributed by atoms with van der Waals surface area (Å²) < 4.78 is 6.83. The number of aryl methyl sites for hydroxylation is 2. The fourth-order valence-corrected chi connectivity index (χ4v) is 5.03. The molecule has 0 radical (unpaired) electrons. The molecule has 1 heterocycles. The van der Waals surface area contributed by atoms with E-state index in [1.165, 1.54) is 16.9 Å². The molecule has 0 bridgehead atoms. The van der Waals surface area contributed by atoms with Crippen LogP contribution in [0.2, 0.25) is 0 Å². The normalized spacial score (nSPS) is 14.1. The average Bonchev–Trinajstić information content (AvgIpc) is 3.02. The Hall–Kier alpha value is -2.08. The van der Waals surface area contributed by atoms with E-state index >= 15 is 0 Å². The average molecular weight is 391 g/mol. The molecule has 0 spiro atoms. The Kier molecular flexibility index (Phi) is 6.05. The van der Waals surface area contributed by atoms with Crippen molar-refractivity contribution in [3.8, 4) is 5.75 Å². The number of benzene rings is 1. The van der Waals surface area contributed by atoms with E-state index in [-0.39, 0.29) is 6.42 Å². The SMILES string of the molecule is CCCCCCC(Oc1ccc2sc3c(c2c1)CCCC3)(C(=O)O)C(=O)O. The highest BCUT2D eigenvalue weighted by atomic mass is 32.1. The van der Waals surface area contributed by atoms with Crippen LogP contribution < -0.4 is 4.74 Å². The number of fused-ring (bicyclic) bond motifs is 3. The van der Waals surface area contributed by atoms with E-state index in [1.54, 1.807) is 17.4 Å². The number of aliphatic carboxylic acids is 2. The van der Waals surface area contributed by atoms with Crippen LogP contribution in [0.3, 0.4) is 0 Å². The molecule has 0 amide bonds. The highest BCUT2D eigenvalue weighted by Crippen LogP contribution is 2.39. The van der Waals surface area contributed by atoms with Crippen LogP contribution in [0.25, 0.3) is 10.1 Å². The lowest BCUT2D eigenvalue weighted by Gasteiger charge is -2.26. The zero-order valence-electron chi connectivity index (χ0n) is 15.6. The topological polar surface area (TPSA) is 83.8 Å². The Bertz CT molecular complexity index is 824. The molecule has 1 aromatic carbocycles. The van der Waals surface area contributed by atoms with E-state index < -0.39 is 17.5 Å².